The normalized spacial score (nSPS) is 15.1. The summed E-state index contributed by atoms with van der Waals surface area (Å²) < 4.78 is 80.3. The van der Waals surface area contributed by atoms with E-state index < -0.39 is 29.9 Å². The largest absolute Gasteiger partial charge is 0.435 e. The Bertz CT molecular complexity index is 2000. The van der Waals surface area contributed by atoms with Crippen LogP contribution in [0.5, 0.6) is 0 Å². The van der Waals surface area contributed by atoms with Crippen LogP contribution < -0.4 is 0 Å². The highest BCUT2D eigenvalue weighted by molar-refractivity contribution is 9.10. The van der Waals surface area contributed by atoms with Crippen molar-refractivity contribution < 1.29 is 36.4 Å². The van der Waals surface area contributed by atoms with Gasteiger partial charge in [-0.05, 0) is 122 Å². The first kappa shape index (κ1) is 50.4. The van der Waals surface area contributed by atoms with Crippen LogP contribution in [0, 0.1) is 13.8 Å². The quantitative estimate of drug-likeness (QED) is 0.0869. The van der Waals surface area contributed by atoms with E-state index >= 15 is 0 Å². The molecule has 57 heavy (non-hydrogen) atoms. The van der Waals surface area contributed by atoms with Crippen LogP contribution in [0.25, 0.3) is 5.57 Å². The fraction of sp³-hybridized carbons (Fsp3) is 0.300. The molecule has 1 unspecified atom stereocenters. The van der Waals surface area contributed by atoms with Crippen molar-refractivity contribution in [1.29, 1.82) is 0 Å². The molecule has 0 amide bonds. The molecule has 1 aliphatic rings. The highest BCUT2D eigenvalue weighted by atomic mass is 79.9. The monoisotopic (exact) mass is 1010 g/mol. The third-order valence-corrected chi connectivity index (χ3v) is 10.9. The first-order chi connectivity index (χ1) is 26.5. The van der Waals surface area contributed by atoms with E-state index in [9.17, 15) is 26.3 Å². The van der Waals surface area contributed by atoms with Crippen LogP contribution in [-0.4, -0.2) is 54.0 Å². The summed E-state index contributed by atoms with van der Waals surface area (Å²) in [7, 11) is 0. The number of oxime groups is 2. The van der Waals surface area contributed by atoms with E-state index in [1.165, 1.54) is 62.2 Å². The van der Waals surface area contributed by atoms with Crippen molar-refractivity contribution in [2.75, 3.05) is 19.6 Å². The minimum absolute atomic E-state index is 0.0997. The van der Waals surface area contributed by atoms with Crippen LogP contribution >= 0.6 is 78.3 Å². The van der Waals surface area contributed by atoms with Crippen molar-refractivity contribution in [2.45, 2.75) is 59.0 Å². The van der Waals surface area contributed by atoms with Crippen LogP contribution in [0.15, 0.2) is 98.6 Å². The van der Waals surface area contributed by atoms with Crippen molar-refractivity contribution in [3.05, 3.63) is 142 Å². The fourth-order valence-electron chi connectivity index (χ4n) is 5.05. The third kappa shape index (κ3) is 15.1. The third-order valence-electron chi connectivity index (χ3n) is 8.29. The van der Waals surface area contributed by atoms with Gasteiger partial charge in [-0.25, -0.2) is 0 Å². The molecule has 1 heterocycles. The van der Waals surface area contributed by atoms with Gasteiger partial charge in [-0.2, -0.15) is 26.3 Å². The number of alkyl halides is 6. The lowest BCUT2D eigenvalue weighted by molar-refractivity contribution is -0.275. The summed E-state index contributed by atoms with van der Waals surface area (Å²) >= 11 is 29.6. The van der Waals surface area contributed by atoms with Crippen LogP contribution in [0.1, 0.15) is 60.6 Å². The van der Waals surface area contributed by atoms with Crippen LogP contribution in [0.2, 0.25) is 20.1 Å². The first-order valence-electron chi connectivity index (χ1n) is 16.9. The summed E-state index contributed by atoms with van der Waals surface area (Å²) in [6, 6.07) is 18.4. The van der Waals surface area contributed by atoms with Crippen molar-refractivity contribution in [3.8, 4) is 0 Å². The highest BCUT2D eigenvalue weighted by Gasteiger charge is 2.62. The Morgan fingerprint density at radius 1 is 0.807 bits per heavy atom. The summed E-state index contributed by atoms with van der Waals surface area (Å²) in [5.74, 6) is 0. The smallest absolute Gasteiger partial charge is 0.411 e. The number of halogens is 12. The second-order valence-electron chi connectivity index (χ2n) is 12.3. The standard InChI is InChI=1S/C17H11BrCl2F3NO.C9H5Cl2F3.C8H8BrNO.C6H15N/c1-9-4-10(2-3-14(9)18)15-8-16(25-24-15,17(21,22)23)11-5-12(19)7-13(20)6-11;1-5(9(12,13)14)6-2-7(10)4-8(11)3-6;1-6-4-7(5-10-11)2-3-8(6)9;1-4-7(5-2)6-3/h2-7H,8H2,1H3;2-4H,1H2;2-5,11H,1H3;4-6H2,1-3H3/b;;10-5+;. The number of allylic oxidation sites excluding steroid dienone is 1. The van der Waals surface area contributed by atoms with Crippen molar-refractivity contribution in [1.82, 2.24) is 4.90 Å². The molecule has 0 saturated heterocycles. The van der Waals surface area contributed by atoms with Crippen molar-refractivity contribution >= 4 is 95.8 Å². The summed E-state index contributed by atoms with van der Waals surface area (Å²) in [4.78, 5) is 7.35. The molecule has 1 atom stereocenters. The van der Waals surface area contributed by atoms with Gasteiger partial charge in [0.05, 0.1) is 17.5 Å². The van der Waals surface area contributed by atoms with Gasteiger partial charge in [0.2, 0.25) is 0 Å². The van der Waals surface area contributed by atoms with Crippen LogP contribution in [0.3, 0.4) is 0 Å². The fourth-order valence-corrected chi connectivity index (χ4v) is 6.59. The molecule has 4 aromatic carbocycles. The Balaban J connectivity index is 0.000000296. The SMILES string of the molecule is C=C(c1cc(Cl)cc(Cl)c1)C(F)(F)F.CCN(CC)CC.Cc1cc(/C=N/O)ccc1Br.Cc1cc(C2=NOC(c3cc(Cl)cc(Cl)c3)(C(F)(F)F)C2)ccc1Br. The number of aryl methyl sites for hydroxylation is 2. The maximum atomic E-state index is 13.9. The Kier molecular flexibility index (Phi) is 19.9. The number of hydrogen-bond donors (Lipinski definition) is 1. The van der Waals surface area contributed by atoms with Gasteiger partial charge in [0, 0.05) is 41.0 Å². The van der Waals surface area contributed by atoms with Gasteiger partial charge in [0.15, 0.2) is 0 Å². The molecule has 5 nitrogen and oxygen atoms in total. The van der Waals surface area contributed by atoms with E-state index in [0.29, 0.717) is 5.56 Å². The molecule has 0 bridgehead atoms. The molecule has 4 aromatic rings. The Hall–Kier alpha value is -2.78. The van der Waals surface area contributed by atoms with Gasteiger partial charge in [-0.3, -0.25) is 0 Å². The molecule has 0 aromatic heterocycles. The van der Waals surface area contributed by atoms with Gasteiger partial charge in [0.1, 0.15) is 0 Å². The molecule has 0 fully saturated rings. The number of nitrogens with zero attached hydrogens (tertiary/aromatic N) is 3. The van der Waals surface area contributed by atoms with E-state index in [1.54, 1.807) is 18.2 Å². The lowest BCUT2D eigenvalue weighted by atomic mass is 9.86. The molecule has 5 rings (SSSR count). The number of benzene rings is 4. The van der Waals surface area contributed by atoms with E-state index in [2.05, 4.69) is 74.4 Å². The van der Waals surface area contributed by atoms with Crippen LogP contribution in [0.4, 0.5) is 26.3 Å². The maximum absolute atomic E-state index is 13.9. The zero-order chi connectivity index (χ0) is 43.3. The van der Waals surface area contributed by atoms with Crippen LogP contribution in [-0.2, 0) is 10.4 Å². The Morgan fingerprint density at radius 2 is 1.28 bits per heavy atom. The van der Waals surface area contributed by atoms with Gasteiger partial charge < -0.3 is 14.9 Å². The Labute approximate surface area is 365 Å². The predicted molar refractivity (Wildman–Crippen MR) is 229 cm³/mol. The molecule has 0 radical (unpaired) electrons. The minimum atomic E-state index is -4.70. The van der Waals surface area contributed by atoms with Gasteiger partial charge >= 0.3 is 12.4 Å². The maximum Gasteiger partial charge on any atom is 0.435 e. The Morgan fingerprint density at radius 3 is 1.68 bits per heavy atom. The molecule has 0 spiro atoms. The molecule has 0 aliphatic carbocycles. The van der Waals surface area contributed by atoms with Crippen molar-refractivity contribution in [3.63, 3.8) is 0 Å². The van der Waals surface area contributed by atoms with E-state index in [1.807, 2.05) is 32.0 Å². The van der Waals surface area contributed by atoms with E-state index in [4.69, 9.17) is 56.4 Å². The predicted octanol–water partition coefficient (Wildman–Crippen LogP) is 15.1. The van der Waals surface area contributed by atoms with E-state index in [0.717, 1.165) is 25.6 Å². The lowest BCUT2D eigenvalue weighted by Crippen LogP contribution is -2.42. The number of rotatable bonds is 7. The average Bonchev–Trinajstić information content (AvgIpc) is 3.59. The molecule has 310 valence electrons. The first-order valence-corrected chi connectivity index (χ1v) is 20.0. The lowest BCUT2D eigenvalue weighted by Gasteiger charge is -2.29. The molecular weight excluding hydrogens is 970 g/mol. The summed E-state index contributed by atoms with van der Waals surface area (Å²) in [6.45, 7) is 16.9. The zero-order valence-corrected chi connectivity index (χ0v) is 37.5. The second-order valence-corrected chi connectivity index (χ2v) is 15.7. The van der Waals surface area contributed by atoms with Gasteiger partial charge in [-0.1, -0.05) is 128 Å². The van der Waals surface area contributed by atoms with Gasteiger partial charge in [-0.15, -0.1) is 0 Å². The molecule has 17 heteroatoms. The molecule has 0 saturated carbocycles. The molecule has 1 aliphatic heterocycles. The molecular formula is C40H39Br2Cl4F6N3O2. The summed E-state index contributed by atoms with van der Waals surface area (Å²) in [5.41, 5.74) is -0.172. The van der Waals surface area contributed by atoms with Gasteiger partial charge in [0.25, 0.3) is 5.60 Å². The topological polar surface area (TPSA) is 57.4 Å². The number of hydrogen-bond acceptors (Lipinski definition) is 5. The summed E-state index contributed by atoms with van der Waals surface area (Å²) in [6.07, 6.45) is -8.22. The molecule has 1 N–H and O–H groups in total. The summed E-state index contributed by atoms with van der Waals surface area (Å²) in [5, 5.41) is 15.4. The highest BCUT2D eigenvalue weighted by Crippen LogP contribution is 2.50. The second kappa shape index (κ2) is 22.6. The zero-order valence-electron chi connectivity index (χ0n) is 31.3. The average molecular weight is 1010 g/mol. The van der Waals surface area contributed by atoms with E-state index in [-0.39, 0.29) is 36.9 Å². The minimum Gasteiger partial charge on any atom is -0.411 e. The van der Waals surface area contributed by atoms with Crippen molar-refractivity contribution in [2.24, 2.45) is 10.3 Å².